The van der Waals surface area contributed by atoms with Crippen molar-refractivity contribution in [3.05, 3.63) is 47.7 Å². The molecule has 0 amide bonds. The van der Waals surface area contributed by atoms with Crippen molar-refractivity contribution < 1.29 is 9.53 Å². The van der Waals surface area contributed by atoms with Gasteiger partial charge in [0.1, 0.15) is 5.70 Å². The minimum absolute atomic E-state index is 0.302. The Hall–Kier alpha value is -1.77. The molecule has 0 radical (unpaired) electrons. The maximum atomic E-state index is 11.7. The average molecular weight is 245 g/mol. The maximum absolute atomic E-state index is 11.7. The Labute approximate surface area is 108 Å². The summed E-state index contributed by atoms with van der Waals surface area (Å²) in [7, 11) is 0. The van der Waals surface area contributed by atoms with Gasteiger partial charge in [0.25, 0.3) is 0 Å². The monoisotopic (exact) mass is 245 g/mol. The molecule has 96 valence electrons. The second-order valence-electron chi connectivity index (χ2n) is 4.42. The summed E-state index contributed by atoms with van der Waals surface area (Å²) in [5.41, 5.74) is 3.22. The van der Waals surface area contributed by atoms with Gasteiger partial charge < -0.3 is 9.64 Å². The molecule has 0 fully saturated rings. The molecule has 18 heavy (non-hydrogen) atoms. The Morgan fingerprint density at radius 2 is 1.83 bits per heavy atom. The molecular formula is C15H19NO2. The molecule has 1 heterocycles. The Balaban J connectivity index is 2.04. The highest BCUT2D eigenvalue weighted by Crippen LogP contribution is 2.18. The van der Waals surface area contributed by atoms with Crippen LogP contribution in [0.15, 0.2) is 36.5 Å². The van der Waals surface area contributed by atoms with Crippen molar-refractivity contribution >= 4 is 5.97 Å². The van der Waals surface area contributed by atoms with Gasteiger partial charge in [0.2, 0.25) is 0 Å². The molecule has 0 atom stereocenters. The van der Waals surface area contributed by atoms with Crippen molar-refractivity contribution in [3.63, 3.8) is 0 Å². The average Bonchev–Trinajstić information content (AvgIpc) is 2.60. The lowest BCUT2D eigenvalue weighted by Gasteiger charge is -2.23. The quantitative estimate of drug-likeness (QED) is 0.604. The number of fused-ring (bicyclic) bond motifs is 1. The molecule has 0 spiro atoms. The molecule has 0 aliphatic carbocycles. The predicted molar refractivity (Wildman–Crippen MR) is 71.2 cm³/mol. The molecule has 2 rings (SSSR count). The maximum Gasteiger partial charge on any atom is 0.353 e. The lowest BCUT2D eigenvalue weighted by Crippen LogP contribution is -2.30. The number of benzene rings is 1. The first-order valence-electron chi connectivity index (χ1n) is 6.40. The SMILES string of the molecule is C=C(C(=O)OCC)N1CCc2ccccc2CC1. The van der Waals surface area contributed by atoms with E-state index < -0.39 is 0 Å². The van der Waals surface area contributed by atoms with Crippen molar-refractivity contribution in [1.29, 1.82) is 0 Å². The zero-order valence-electron chi connectivity index (χ0n) is 10.8. The number of carbonyl (C=O) groups is 1. The van der Waals surface area contributed by atoms with Crippen LogP contribution >= 0.6 is 0 Å². The Morgan fingerprint density at radius 1 is 1.28 bits per heavy atom. The standard InChI is InChI=1S/C15H19NO2/c1-3-18-15(17)12(2)16-10-8-13-6-4-5-7-14(13)9-11-16/h4-7H,2-3,8-11H2,1H3. The lowest BCUT2D eigenvalue weighted by atomic mass is 10.0. The first-order valence-corrected chi connectivity index (χ1v) is 6.40. The first-order chi connectivity index (χ1) is 8.72. The molecular weight excluding hydrogens is 226 g/mol. The highest BCUT2D eigenvalue weighted by molar-refractivity contribution is 5.87. The smallest absolute Gasteiger partial charge is 0.353 e. The van der Waals surface area contributed by atoms with Gasteiger partial charge >= 0.3 is 5.97 Å². The van der Waals surface area contributed by atoms with Gasteiger partial charge in [-0.3, -0.25) is 0 Å². The third-order valence-corrected chi connectivity index (χ3v) is 3.31. The van der Waals surface area contributed by atoms with Crippen LogP contribution in [0.4, 0.5) is 0 Å². The van der Waals surface area contributed by atoms with Crippen LogP contribution in [0.1, 0.15) is 18.1 Å². The third-order valence-electron chi connectivity index (χ3n) is 3.31. The van der Waals surface area contributed by atoms with Gasteiger partial charge in [-0.2, -0.15) is 0 Å². The minimum Gasteiger partial charge on any atom is -0.461 e. The number of nitrogens with zero attached hydrogens (tertiary/aromatic N) is 1. The summed E-state index contributed by atoms with van der Waals surface area (Å²) in [5.74, 6) is -0.302. The van der Waals surface area contributed by atoms with Gasteiger partial charge in [-0.25, -0.2) is 4.79 Å². The van der Waals surface area contributed by atoms with Crippen LogP contribution in [0.3, 0.4) is 0 Å². The van der Waals surface area contributed by atoms with Crippen LogP contribution in [0, 0.1) is 0 Å². The second-order valence-corrected chi connectivity index (χ2v) is 4.42. The Kier molecular flexibility index (Phi) is 4.03. The number of carbonyl (C=O) groups excluding carboxylic acids is 1. The number of ether oxygens (including phenoxy) is 1. The summed E-state index contributed by atoms with van der Waals surface area (Å²) in [6.45, 7) is 7.71. The molecule has 3 heteroatoms. The molecule has 0 N–H and O–H groups in total. The van der Waals surface area contributed by atoms with E-state index in [1.54, 1.807) is 0 Å². The molecule has 1 aliphatic heterocycles. The van der Waals surface area contributed by atoms with E-state index in [9.17, 15) is 4.79 Å². The molecule has 3 nitrogen and oxygen atoms in total. The summed E-state index contributed by atoms with van der Waals surface area (Å²) in [5, 5.41) is 0. The molecule has 1 aliphatic rings. The summed E-state index contributed by atoms with van der Waals surface area (Å²) in [4.78, 5) is 13.7. The van der Waals surface area contributed by atoms with E-state index in [4.69, 9.17) is 4.74 Å². The minimum atomic E-state index is -0.302. The zero-order valence-corrected chi connectivity index (χ0v) is 10.8. The van der Waals surface area contributed by atoms with E-state index in [0.717, 1.165) is 25.9 Å². The third kappa shape index (κ3) is 2.73. The molecule has 1 aromatic carbocycles. The lowest BCUT2D eigenvalue weighted by molar-refractivity contribution is -0.140. The summed E-state index contributed by atoms with van der Waals surface area (Å²) < 4.78 is 4.99. The molecule has 0 unspecified atom stereocenters. The van der Waals surface area contributed by atoms with Crippen LogP contribution < -0.4 is 0 Å². The van der Waals surface area contributed by atoms with E-state index in [2.05, 4.69) is 30.8 Å². The van der Waals surface area contributed by atoms with Crippen LogP contribution in [-0.2, 0) is 22.4 Å². The fourth-order valence-corrected chi connectivity index (χ4v) is 2.28. The van der Waals surface area contributed by atoms with Gasteiger partial charge in [0, 0.05) is 13.1 Å². The number of rotatable bonds is 3. The first kappa shape index (κ1) is 12.7. The van der Waals surface area contributed by atoms with E-state index in [0.29, 0.717) is 12.3 Å². The van der Waals surface area contributed by atoms with Gasteiger partial charge in [0.15, 0.2) is 0 Å². The predicted octanol–water partition coefficient (Wildman–Crippen LogP) is 2.16. The van der Waals surface area contributed by atoms with Crippen molar-refractivity contribution in [1.82, 2.24) is 4.90 Å². The number of hydrogen-bond donors (Lipinski definition) is 0. The van der Waals surface area contributed by atoms with Crippen LogP contribution in [0.5, 0.6) is 0 Å². The van der Waals surface area contributed by atoms with E-state index >= 15 is 0 Å². The van der Waals surface area contributed by atoms with E-state index in [1.165, 1.54) is 11.1 Å². The Bertz CT molecular complexity index is 427. The van der Waals surface area contributed by atoms with Gasteiger partial charge in [-0.15, -0.1) is 0 Å². The zero-order chi connectivity index (χ0) is 13.0. The molecule has 0 saturated carbocycles. The van der Waals surface area contributed by atoms with Gasteiger partial charge in [-0.05, 0) is 30.9 Å². The number of hydrogen-bond acceptors (Lipinski definition) is 3. The largest absolute Gasteiger partial charge is 0.461 e. The van der Waals surface area contributed by atoms with Crippen LogP contribution in [0.2, 0.25) is 0 Å². The van der Waals surface area contributed by atoms with Crippen molar-refractivity contribution in [2.45, 2.75) is 19.8 Å². The topological polar surface area (TPSA) is 29.5 Å². The fourth-order valence-electron chi connectivity index (χ4n) is 2.28. The Morgan fingerprint density at radius 3 is 2.33 bits per heavy atom. The number of esters is 1. The molecule has 0 saturated heterocycles. The normalized spacial score (nSPS) is 14.6. The van der Waals surface area contributed by atoms with Crippen molar-refractivity contribution in [3.8, 4) is 0 Å². The summed E-state index contributed by atoms with van der Waals surface area (Å²) >= 11 is 0. The summed E-state index contributed by atoms with van der Waals surface area (Å²) in [6, 6.07) is 8.45. The van der Waals surface area contributed by atoms with E-state index in [1.807, 2.05) is 11.8 Å². The van der Waals surface area contributed by atoms with Gasteiger partial charge in [-0.1, -0.05) is 30.8 Å². The van der Waals surface area contributed by atoms with Crippen molar-refractivity contribution in [2.75, 3.05) is 19.7 Å². The highest BCUT2D eigenvalue weighted by Gasteiger charge is 2.19. The van der Waals surface area contributed by atoms with Gasteiger partial charge in [0.05, 0.1) is 6.61 Å². The molecule has 0 bridgehead atoms. The highest BCUT2D eigenvalue weighted by atomic mass is 16.5. The molecule has 1 aromatic rings. The molecule has 0 aromatic heterocycles. The van der Waals surface area contributed by atoms with Crippen LogP contribution in [0.25, 0.3) is 0 Å². The van der Waals surface area contributed by atoms with E-state index in [-0.39, 0.29) is 5.97 Å². The van der Waals surface area contributed by atoms with Crippen LogP contribution in [-0.4, -0.2) is 30.6 Å². The van der Waals surface area contributed by atoms with Crippen molar-refractivity contribution in [2.24, 2.45) is 0 Å². The summed E-state index contributed by atoms with van der Waals surface area (Å²) in [6.07, 6.45) is 1.91. The second kappa shape index (κ2) is 5.71. The fraction of sp³-hybridized carbons (Fsp3) is 0.400.